The second-order valence-electron chi connectivity index (χ2n) is 3.80. The largest absolute Gasteiger partial charge is 0.461 e. The van der Waals surface area contributed by atoms with E-state index in [2.05, 4.69) is 15.4 Å². The van der Waals surface area contributed by atoms with E-state index in [1.807, 2.05) is 0 Å². The van der Waals surface area contributed by atoms with Gasteiger partial charge in [0.1, 0.15) is 17.3 Å². The first-order valence-corrected chi connectivity index (χ1v) is 5.58. The summed E-state index contributed by atoms with van der Waals surface area (Å²) in [6, 6.07) is 1.86. The van der Waals surface area contributed by atoms with Crippen molar-refractivity contribution in [1.82, 2.24) is 15.4 Å². The number of hydrogen-bond acceptors (Lipinski definition) is 4. The Balaban J connectivity index is 2.54. The summed E-state index contributed by atoms with van der Waals surface area (Å²) in [7, 11) is 0. The number of ether oxygens (including phenoxy) is 1. The summed E-state index contributed by atoms with van der Waals surface area (Å²) in [5.74, 6) is -2.17. The molecule has 0 saturated carbocycles. The molecule has 0 aliphatic heterocycles. The molecule has 7 heteroatoms. The van der Waals surface area contributed by atoms with E-state index in [9.17, 15) is 13.6 Å². The van der Waals surface area contributed by atoms with Gasteiger partial charge in [-0.25, -0.2) is 13.6 Å². The number of aromatic nitrogens is 3. The first-order chi connectivity index (χ1) is 9.04. The van der Waals surface area contributed by atoms with Gasteiger partial charge in [-0.1, -0.05) is 0 Å². The molecule has 2 aromatic rings. The molecular formula is C12H11F2N3O2. The number of aromatic amines is 1. The van der Waals surface area contributed by atoms with Gasteiger partial charge in [-0.3, -0.25) is 0 Å². The molecule has 0 radical (unpaired) electrons. The molecular weight excluding hydrogens is 256 g/mol. The lowest BCUT2D eigenvalue weighted by atomic mass is 10.0. The fourth-order valence-corrected chi connectivity index (χ4v) is 1.65. The molecule has 2 rings (SSSR count). The molecule has 0 bridgehead atoms. The van der Waals surface area contributed by atoms with E-state index in [0.29, 0.717) is 0 Å². The quantitative estimate of drug-likeness (QED) is 0.866. The van der Waals surface area contributed by atoms with Gasteiger partial charge in [0, 0.05) is 11.6 Å². The molecule has 0 aliphatic carbocycles. The SMILES string of the molecule is CCOC(=O)c1n[nH]nc1-c1cc(F)cc(F)c1C. The van der Waals surface area contributed by atoms with Crippen molar-refractivity contribution >= 4 is 5.97 Å². The summed E-state index contributed by atoms with van der Waals surface area (Å²) in [6.45, 7) is 3.28. The lowest BCUT2D eigenvalue weighted by molar-refractivity contribution is 0.0520. The molecule has 0 atom stereocenters. The average molecular weight is 267 g/mol. The van der Waals surface area contributed by atoms with Crippen LogP contribution < -0.4 is 0 Å². The summed E-state index contributed by atoms with van der Waals surface area (Å²) in [6.07, 6.45) is 0. The lowest BCUT2D eigenvalue weighted by Gasteiger charge is -2.06. The van der Waals surface area contributed by atoms with Crippen molar-refractivity contribution in [1.29, 1.82) is 0 Å². The molecule has 1 aromatic carbocycles. The van der Waals surface area contributed by atoms with Gasteiger partial charge in [0.05, 0.1) is 6.61 Å². The monoisotopic (exact) mass is 267 g/mol. The van der Waals surface area contributed by atoms with E-state index in [1.165, 1.54) is 6.92 Å². The van der Waals surface area contributed by atoms with Crippen LogP contribution in [-0.4, -0.2) is 28.0 Å². The maximum Gasteiger partial charge on any atom is 0.361 e. The molecule has 0 spiro atoms. The van der Waals surface area contributed by atoms with Gasteiger partial charge in [-0.15, -0.1) is 5.10 Å². The smallest absolute Gasteiger partial charge is 0.361 e. The van der Waals surface area contributed by atoms with Crippen LogP contribution in [0.3, 0.4) is 0 Å². The number of nitrogens with one attached hydrogen (secondary N) is 1. The number of carbonyl (C=O) groups excluding carboxylic acids is 1. The molecule has 1 heterocycles. The zero-order valence-electron chi connectivity index (χ0n) is 10.3. The Morgan fingerprint density at radius 2 is 2.11 bits per heavy atom. The van der Waals surface area contributed by atoms with Crippen LogP contribution in [0.25, 0.3) is 11.3 Å². The van der Waals surface area contributed by atoms with Crippen LogP contribution in [0.2, 0.25) is 0 Å². The van der Waals surface area contributed by atoms with Gasteiger partial charge >= 0.3 is 5.97 Å². The number of hydrogen-bond donors (Lipinski definition) is 1. The predicted molar refractivity (Wildman–Crippen MR) is 62.4 cm³/mol. The van der Waals surface area contributed by atoms with Gasteiger partial charge in [0.25, 0.3) is 0 Å². The summed E-state index contributed by atoms with van der Waals surface area (Å²) in [5, 5.41) is 9.68. The Labute approximate surface area is 107 Å². The summed E-state index contributed by atoms with van der Waals surface area (Å²) in [5.41, 5.74) is 0.305. The highest BCUT2D eigenvalue weighted by Gasteiger charge is 2.22. The maximum atomic E-state index is 13.5. The van der Waals surface area contributed by atoms with Crippen molar-refractivity contribution in [3.8, 4) is 11.3 Å². The minimum absolute atomic E-state index is 0.0642. The summed E-state index contributed by atoms with van der Waals surface area (Å²) < 4.78 is 31.6. The molecule has 100 valence electrons. The first-order valence-electron chi connectivity index (χ1n) is 5.58. The first kappa shape index (κ1) is 13.1. The van der Waals surface area contributed by atoms with Crippen molar-refractivity contribution in [2.24, 2.45) is 0 Å². The van der Waals surface area contributed by atoms with E-state index in [1.54, 1.807) is 6.92 Å². The van der Waals surface area contributed by atoms with E-state index in [0.717, 1.165) is 12.1 Å². The number of esters is 1. The molecule has 0 fully saturated rings. The number of halogens is 2. The zero-order chi connectivity index (χ0) is 14.0. The van der Waals surface area contributed by atoms with Crippen molar-refractivity contribution in [2.75, 3.05) is 6.61 Å². The summed E-state index contributed by atoms with van der Waals surface area (Å²) >= 11 is 0. The second kappa shape index (κ2) is 5.13. The van der Waals surface area contributed by atoms with Crippen molar-refractivity contribution < 1.29 is 18.3 Å². The Hall–Kier alpha value is -2.31. The van der Waals surface area contributed by atoms with Gasteiger partial charge < -0.3 is 4.74 Å². The van der Waals surface area contributed by atoms with Crippen molar-refractivity contribution in [2.45, 2.75) is 13.8 Å². The van der Waals surface area contributed by atoms with Crippen LogP contribution in [0.15, 0.2) is 12.1 Å². The normalized spacial score (nSPS) is 10.5. The molecule has 5 nitrogen and oxygen atoms in total. The summed E-state index contributed by atoms with van der Waals surface area (Å²) in [4.78, 5) is 11.6. The number of H-pyrrole nitrogens is 1. The van der Waals surface area contributed by atoms with Gasteiger partial charge in [-0.2, -0.15) is 10.3 Å². The van der Waals surface area contributed by atoms with E-state index < -0.39 is 17.6 Å². The number of nitrogens with zero attached hydrogens (tertiary/aromatic N) is 2. The Morgan fingerprint density at radius 3 is 2.79 bits per heavy atom. The fourth-order valence-electron chi connectivity index (χ4n) is 1.65. The van der Waals surface area contributed by atoms with E-state index >= 15 is 0 Å². The number of benzene rings is 1. The molecule has 0 unspecified atom stereocenters. The minimum Gasteiger partial charge on any atom is -0.461 e. The highest BCUT2D eigenvalue weighted by molar-refractivity contribution is 5.94. The van der Waals surface area contributed by atoms with Crippen LogP contribution in [0.1, 0.15) is 23.0 Å². The van der Waals surface area contributed by atoms with Crippen molar-refractivity contribution in [3.63, 3.8) is 0 Å². The molecule has 1 aromatic heterocycles. The topological polar surface area (TPSA) is 67.9 Å². The Morgan fingerprint density at radius 1 is 1.37 bits per heavy atom. The molecule has 1 N–H and O–H groups in total. The van der Waals surface area contributed by atoms with Gasteiger partial charge in [0.2, 0.25) is 0 Å². The lowest BCUT2D eigenvalue weighted by Crippen LogP contribution is -2.07. The van der Waals surface area contributed by atoms with E-state index in [-0.39, 0.29) is 29.1 Å². The van der Waals surface area contributed by atoms with E-state index in [4.69, 9.17) is 4.74 Å². The van der Waals surface area contributed by atoms with Crippen LogP contribution in [-0.2, 0) is 4.74 Å². The van der Waals surface area contributed by atoms with Gasteiger partial charge in [0.15, 0.2) is 5.69 Å². The zero-order valence-corrected chi connectivity index (χ0v) is 10.3. The highest BCUT2D eigenvalue weighted by atomic mass is 19.1. The fraction of sp³-hybridized carbons (Fsp3) is 0.250. The molecule has 19 heavy (non-hydrogen) atoms. The van der Waals surface area contributed by atoms with Crippen LogP contribution >= 0.6 is 0 Å². The third-order valence-corrected chi connectivity index (χ3v) is 2.58. The standard InChI is InChI=1S/C12H11F2N3O2/c1-3-19-12(18)11-10(15-17-16-11)8-4-7(13)5-9(14)6(8)2/h4-5H,3H2,1-2H3,(H,15,16,17). The third-order valence-electron chi connectivity index (χ3n) is 2.58. The molecule has 0 saturated heterocycles. The predicted octanol–water partition coefficient (Wildman–Crippen LogP) is 2.24. The minimum atomic E-state index is -0.754. The van der Waals surface area contributed by atoms with Crippen LogP contribution in [0.4, 0.5) is 8.78 Å². The highest BCUT2D eigenvalue weighted by Crippen LogP contribution is 2.26. The van der Waals surface area contributed by atoms with Crippen LogP contribution in [0.5, 0.6) is 0 Å². The number of carbonyl (C=O) groups is 1. The third kappa shape index (κ3) is 2.44. The second-order valence-corrected chi connectivity index (χ2v) is 3.80. The van der Waals surface area contributed by atoms with Gasteiger partial charge in [-0.05, 0) is 25.5 Å². The Bertz CT molecular complexity index is 625. The molecule has 0 amide bonds. The van der Waals surface area contributed by atoms with Crippen LogP contribution in [0, 0.1) is 18.6 Å². The molecule has 0 aliphatic rings. The number of rotatable bonds is 3. The maximum absolute atomic E-state index is 13.5. The average Bonchev–Trinajstić information content (AvgIpc) is 2.83. The van der Waals surface area contributed by atoms with Crippen molar-refractivity contribution in [3.05, 3.63) is 35.0 Å². The Kier molecular flexibility index (Phi) is 3.55.